The van der Waals surface area contributed by atoms with Crippen molar-refractivity contribution in [2.45, 2.75) is 71.5 Å². The molecule has 0 amide bonds. The van der Waals surface area contributed by atoms with Gasteiger partial charge in [-0.05, 0) is 60.2 Å². The van der Waals surface area contributed by atoms with Crippen LogP contribution in [0.15, 0.2) is 34.9 Å². The van der Waals surface area contributed by atoms with E-state index in [1.807, 2.05) is 19.1 Å². The normalized spacial score (nSPS) is 22.7. The Bertz CT molecular complexity index is 603. The number of sulfone groups is 1. The van der Waals surface area contributed by atoms with Gasteiger partial charge in [0.2, 0.25) is 0 Å². The summed E-state index contributed by atoms with van der Waals surface area (Å²) in [6, 6.07) is 0. The number of hydrogen-bond acceptors (Lipinski definition) is 3. The molecule has 0 spiro atoms. The first-order chi connectivity index (χ1) is 10.4. The summed E-state index contributed by atoms with van der Waals surface area (Å²) >= 11 is 0. The summed E-state index contributed by atoms with van der Waals surface area (Å²) in [4.78, 5) is 0. The first-order valence-electron chi connectivity index (χ1n) is 8.29. The van der Waals surface area contributed by atoms with Crippen LogP contribution in [0.4, 0.5) is 0 Å². The fourth-order valence-electron chi connectivity index (χ4n) is 2.76. The highest BCUT2D eigenvalue weighted by atomic mass is 32.2. The lowest BCUT2D eigenvalue weighted by molar-refractivity contribution is 0.243. The van der Waals surface area contributed by atoms with E-state index in [1.165, 1.54) is 11.1 Å². The summed E-state index contributed by atoms with van der Waals surface area (Å²) in [5, 5.41) is -0.521. The molecule has 0 saturated heterocycles. The first kappa shape index (κ1) is 20.4. The topological polar surface area (TPSA) is 43.4 Å². The molecule has 0 aliphatic carbocycles. The molecular formula is C18H32O3SSi. The summed E-state index contributed by atoms with van der Waals surface area (Å²) in [7, 11) is -4.98. The van der Waals surface area contributed by atoms with Gasteiger partial charge in [0.15, 0.2) is 18.2 Å². The minimum Gasteiger partial charge on any atom is -0.410 e. The quantitative estimate of drug-likeness (QED) is 0.493. The van der Waals surface area contributed by atoms with E-state index in [2.05, 4.69) is 46.5 Å². The molecule has 1 heterocycles. The van der Waals surface area contributed by atoms with Gasteiger partial charge < -0.3 is 4.43 Å². The average molecular weight is 357 g/mol. The van der Waals surface area contributed by atoms with Crippen LogP contribution in [0.5, 0.6) is 0 Å². The lowest BCUT2D eigenvalue weighted by atomic mass is 10.0. The van der Waals surface area contributed by atoms with Gasteiger partial charge in [-0.2, -0.15) is 0 Å². The van der Waals surface area contributed by atoms with Gasteiger partial charge in [0.05, 0.1) is 11.9 Å². The van der Waals surface area contributed by atoms with Crippen molar-refractivity contribution in [3.05, 3.63) is 34.9 Å². The smallest absolute Gasteiger partial charge is 0.184 e. The van der Waals surface area contributed by atoms with Gasteiger partial charge in [-0.3, -0.25) is 0 Å². The highest BCUT2D eigenvalue weighted by molar-refractivity contribution is 7.92. The van der Waals surface area contributed by atoms with Crippen LogP contribution in [0, 0.1) is 0 Å². The van der Waals surface area contributed by atoms with Crippen LogP contribution in [-0.2, 0) is 14.3 Å². The molecule has 0 N–H and O–H groups in total. The molecule has 2 unspecified atom stereocenters. The van der Waals surface area contributed by atoms with Crippen LogP contribution in [0.1, 0.15) is 40.5 Å². The standard InChI is InChI=1S/C18H32O3SSi/c1-14(2)9-8-10-15(3)13-17(21-23(5,6)7)18-16(4)11-12-22(18,19)20/h9,11,13,17-18H,8,10,12H2,1-7H3/b15-13+. The summed E-state index contributed by atoms with van der Waals surface area (Å²) in [6.45, 7) is 14.5. The molecule has 0 radical (unpaired) electrons. The number of allylic oxidation sites excluding steroid dienone is 3. The third-order valence-electron chi connectivity index (χ3n) is 3.80. The minimum atomic E-state index is -3.14. The largest absolute Gasteiger partial charge is 0.410 e. The van der Waals surface area contributed by atoms with Gasteiger partial charge in [-0.15, -0.1) is 0 Å². The van der Waals surface area contributed by atoms with Crippen LogP contribution in [0.2, 0.25) is 19.6 Å². The molecule has 1 aliphatic rings. The fourth-order valence-corrected chi connectivity index (χ4v) is 5.79. The third-order valence-corrected chi connectivity index (χ3v) is 6.83. The molecule has 1 rings (SSSR count). The molecule has 23 heavy (non-hydrogen) atoms. The lowest BCUT2D eigenvalue weighted by Gasteiger charge is -2.29. The van der Waals surface area contributed by atoms with Crippen LogP contribution in [-0.4, -0.2) is 33.8 Å². The molecule has 1 aliphatic heterocycles. The maximum atomic E-state index is 12.4. The Labute approximate surface area is 143 Å². The third kappa shape index (κ3) is 6.77. The van der Waals surface area contributed by atoms with Gasteiger partial charge >= 0.3 is 0 Å². The molecule has 0 bridgehead atoms. The van der Waals surface area contributed by atoms with Crippen LogP contribution >= 0.6 is 0 Å². The van der Waals surface area contributed by atoms with Crippen molar-refractivity contribution in [3.63, 3.8) is 0 Å². The average Bonchev–Trinajstić information content (AvgIpc) is 2.60. The maximum Gasteiger partial charge on any atom is 0.184 e. The zero-order valence-corrected chi connectivity index (χ0v) is 17.5. The predicted molar refractivity (Wildman–Crippen MR) is 102 cm³/mol. The van der Waals surface area contributed by atoms with Crippen molar-refractivity contribution in [1.29, 1.82) is 0 Å². The van der Waals surface area contributed by atoms with Crippen molar-refractivity contribution in [1.82, 2.24) is 0 Å². The molecular weight excluding hydrogens is 324 g/mol. The van der Waals surface area contributed by atoms with E-state index < -0.39 is 23.4 Å². The van der Waals surface area contributed by atoms with Gasteiger partial charge in [-0.1, -0.05) is 34.9 Å². The molecule has 0 aromatic carbocycles. The minimum absolute atomic E-state index is 0.139. The Morgan fingerprint density at radius 2 is 1.96 bits per heavy atom. The summed E-state index contributed by atoms with van der Waals surface area (Å²) in [5.41, 5.74) is 3.42. The molecule has 132 valence electrons. The molecule has 0 aromatic heterocycles. The van der Waals surface area contributed by atoms with E-state index in [0.717, 1.165) is 18.4 Å². The highest BCUT2D eigenvalue weighted by Gasteiger charge is 2.39. The van der Waals surface area contributed by atoms with E-state index in [1.54, 1.807) is 0 Å². The van der Waals surface area contributed by atoms with E-state index in [-0.39, 0.29) is 11.9 Å². The van der Waals surface area contributed by atoms with Crippen molar-refractivity contribution < 1.29 is 12.8 Å². The van der Waals surface area contributed by atoms with Crippen molar-refractivity contribution in [2.24, 2.45) is 0 Å². The van der Waals surface area contributed by atoms with Crippen molar-refractivity contribution in [3.8, 4) is 0 Å². The second-order valence-corrected chi connectivity index (χ2v) is 14.4. The SMILES string of the molecule is CC(C)=CCC/C(C)=C/C(O[Si](C)(C)C)C1C(C)=CCS1(=O)=O. The van der Waals surface area contributed by atoms with Gasteiger partial charge in [0, 0.05) is 0 Å². The Morgan fingerprint density at radius 3 is 2.39 bits per heavy atom. The summed E-state index contributed by atoms with van der Waals surface area (Å²) < 4.78 is 31.1. The Morgan fingerprint density at radius 1 is 1.35 bits per heavy atom. The fraction of sp³-hybridized carbons (Fsp3) is 0.667. The van der Waals surface area contributed by atoms with Gasteiger partial charge in [-0.25, -0.2) is 8.42 Å². The zero-order valence-electron chi connectivity index (χ0n) is 15.6. The van der Waals surface area contributed by atoms with Crippen molar-refractivity contribution in [2.75, 3.05) is 5.75 Å². The molecule has 0 aromatic rings. The van der Waals surface area contributed by atoms with E-state index in [0.29, 0.717) is 0 Å². The Kier molecular flexibility index (Phi) is 7.05. The van der Waals surface area contributed by atoms with E-state index >= 15 is 0 Å². The van der Waals surface area contributed by atoms with Crippen LogP contribution < -0.4 is 0 Å². The monoisotopic (exact) mass is 356 g/mol. The second-order valence-electron chi connectivity index (χ2n) is 7.73. The Hall–Kier alpha value is -0.653. The zero-order chi connectivity index (χ0) is 17.8. The molecule has 3 nitrogen and oxygen atoms in total. The molecule has 5 heteroatoms. The van der Waals surface area contributed by atoms with E-state index in [9.17, 15) is 8.42 Å². The number of rotatable bonds is 7. The lowest BCUT2D eigenvalue weighted by Crippen LogP contribution is -2.41. The molecule has 2 atom stereocenters. The Balaban J connectivity index is 3.02. The van der Waals surface area contributed by atoms with Crippen molar-refractivity contribution >= 4 is 18.2 Å². The number of hydrogen-bond donors (Lipinski definition) is 0. The highest BCUT2D eigenvalue weighted by Crippen LogP contribution is 2.29. The summed E-state index contributed by atoms with van der Waals surface area (Å²) in [5.74, 6) is 0.139. The summed E-state index contributed by atoms with van der Waals surface area (Å²) in [6.07, 6.45) is 7.64. The van der Waals surface area contributed by atoms with Gasteiger partial charge in [0.1, 0.15) is 5.25 Å². The first-order valence-corrected chi connectivity index (χ1v) is 13.4. The van der Waals surface area contributed by atoms with Crippen LogP contribution in [0.25, 0.3) is 0 Å². The molecule has 0 fully saturated rings. The molecule has 0 saturated carbocycles. The maximum absolute atomic E-state index is 12.4. The van der Waals surface area contributed by atoms with Crippen LogP contribution in [0.3, 0.4) is 0 Å². The second kappa shape index (κ2) is 7.95. The van der Waals surface area contributed by atoms with Gasteiger partial charge in [0.25, 0.3) is 0 Å². The predicted octanol–water partition coefficient (Wildman–Crippen LogP) is 4.64. The van der Waals surface area contributed by atoms with E-state index in [4.69, 9.17) is 4.43 Å².